The van der Waals surface area contributed by atoms with Gasteiger partial charge >= 0.3 is 0 Å². The van der Waals surface area contributed by atoms with Crippen molar-refractivity contribution in [2.75, 3.05) is 0 Å². The number of aromatic nitrogens is 4. The van der Waals surface area contributed by atoms with Crippen LogP contribution >= 0.6 is 11.8 Å². The first-order chi connectivity index (χ1) is 12.1. The quantitative estimate of drug-likeness (QED) is 0.380. The molecule has 126 valence electrons. The number of pyridine rings is 1. The van der Waals surface area contributed by atoms with Gasteiger partial charge in [0.25, 0.3) is 5.69 Å². The van der Waals surface area contributed by atoms with Crippen LogP contribution in [0.25, 0.3) is 11.4 Å². The van der Waals surface area contributed by atoms with Crippen LogP contribution in [0.1, 0.15) is 0 Å². The molecule has 25 heavy (non-hydrogen) atoms. The van der Waals surface area contributed by atoms with Crippen molar-refractivity contribution in [2.24, 2.45) is 0 Å². The van der Waals surface area contributed by atoms with E-state index >= 15 is 0 Å². The molecule has 2 aromatic heterocycles. The van der Waals surface area contributed by atoms with Gasteiger partial charge in [0.15, 0.2) is 11.0 Å². The maximum atomic E-state index is 13.3. The molecule has 0 saturated heterocycles. The van der Waals surface area contributed by atoms with Crippen molar-refractivity contribution in [1.82, 2.24) is 19.7 Å². The van der Waals surface area contributed by atoms with E-state index in [2.05, 4.69) is 21.8 Å². The molecule has 1 aromatic carbocycles. The molecule has 0 N–H and O–H groups in total. The molecule has 0 radical (unpaired) electrons. The molecule has 0 fully saturated rings. The van der Waals surface area contributed by atoms with Gasteiger partial charge in [0.2, 0.25) is 0 Å². The predicted octanol–water partition coefficient (Wildman–Crippen LogP) is 3.72. The summed E-state index contributed by atoms with van der Waals surface area (Å²) in [6.45, 7) is 4.14. The molecule has 0 atom stereocenters. The Bertz CT molecular complexity index is 930. The Morgan fingerprint density at radius 2 is 2.04 bits per heavy atom. The summed E-state index contributed by atoms with van der Waals surface area (Å²) >= 11 is 1.05. The summed E-state index contributed by atoms with van der Waals surface area (Å²) in [6, 6.07) is 7.00. The highest BCUT2D eigenvalue weighted by Gasteiger charge is 2.20. The predicted molar refractivity (Wildman–Crippen MR) is 90.6 cm³/mol. The second-order valence-electron chi connectivity index (χ2n) is 4.91. The van der Waals surface area contributed by atoms with Crippen LogP contribution in [0.4, 0.5) is 10.1 Å². The van der Waals surface area contributed by atoms with E-state index in [1.165, 1.54) is 12.1 Å². The van der Waals surface area contributed by atoms with Gasteiger partial charge < -0.3 is 0 Å². The lowest BCUT2D eigenvalue weighted by molar-refractivity contribution is -0.387. The smallest absolute Gasteiger partial charge is 0.286 e. The molecule has 9 heteroatoms. The maximum absolute atomic E-state index is 13.3. The van der Waals surface area contributed by atoms with E-state index in [1.54, 1.807) is 35.2 Å². The molecule has 3 aromatic rings. The minimum absolute atomic E-state index is 0.283. The summed E-state index contributed by atoms with van der Waals surface area (Å²) in [5, 5.41) is 19.9. The molecule has 2 heterocycles. The Balaban J connectivity index is 2.03. The van der Waals surface area contributed by atoms with Crippen LogP contribution in [0.15, 0.2) is 65.4 Å². The molecule has 0 aliphatic rings. The number of nitro groups is 1. The van der Waals surface area contributed by atoms with Crippen molar-refractivity contribution in [3.63, 3.8) is 0 Å². The highest BCUT2D eigenvalue weighted by Crippen LogP contribution is 2.35. The van der Waals surface area contributed by atoms with Crippen LogP contribution in [0.3, 0.4) is 0 Å². The van der Waals surface area contributed by atoms with Crippen molar-refractivity contribution < 1.29 is 9.31 Å². The number of nitro benzene ring substituents is 1. The van der Waals surface area contributed by atoms with Gasteiger partial charge in [-0.05, 0) is 36.0 Å². The monoisotopic (exact) mass is 357 g/mol. The molecular weight excluding hydrogens is 345 g/mol. The summed E-state index contributed by atoms with van der Waals surface area (Å²) in [4.78, 5) is 14.8. The van der Waals surface area contributed by atoms with Gasteiger partial charge in [0.05, 0.1) is 15.9 Å². The zero-order valence-electron chi connectivity index (χ0n) is 12.9. The number of allylic oxidation sites excluding steroid dienone is 1. The summed E-state index contributed by atoms with van der Waals surface area (Å²) in [5.74, 6) is -0.0735. The normalized spacial score (nSPS) is 10.6. The largest absolute Gasteiger partial charge is 0.298 e. The van der Waals surface area contributed by atoms with Crippen molar-refractivity contribution in [1.29, 1.82) is 0 Å². The summed E-state index contributed by atoms with van der Waals surface area (Å²) in [7, 11) is 0. The lowest BCUT2D eigenvalue weighted by Gasteiger charge is -2.08. The Kier molecular flexibility index (Phi) is 4.85. The van der Waals surface area contributed by atoms with Gasteiger partial charge in [-0.2, -0.15) is 0 Å². The first-order valence-electron chi connectivity index (χ1n) is 7.16. The first kappa shape index (κ1) is 16.8. The van der Waals surface area contributed by atoms with Crippen LogP contribution in [0.2, 0.25) is 0 Å². The molecular formula is C16H12FN5O2S. The number of hydrogen-bond donors (Lipinski definition) is 0. The average molecular weight is 357 g/mol. The summed E-state index contributed by atoms with van der Waals surface area (Å²) in [5.41, 5.74) is 0.494. The van der Waals surface area contributed by atoms with Gasteiger partial charge in [0, 0.05) is 24.5 Å². The fourth-order valence-corrected chi connectivity index (χ4v) is 3.11. The van der Waals surface area contributed by atoms with E-state index in [4.69, 9.17) is 0 Å². The zero-order valence-corrected chi connectivity index (χ0v) is 13.7. The number of halogens is 1. The van der Waals surface area contributed by atoms with Crippen LogP contribution < -0.4 is 0 Å². The zero-order chi connectivity index (χ0) is 17.8. The SMILES string of the molecule is C=CCn1c(Sc2ccc(F)cc2[N+](=O)[O-])nnc1-c1ccncc1. The number of nitrogens with zero attached hydrogens (tertiary/aromatic N) is 5. The van der Waals surface area contributed by atoms with Gasteiger partial charge in [0.1, 0.15) is 5.82 Å². The standard InChI is InChI=1S/C16H12FN5O2S/c1-2-9-21-15(11-5-7-18-8-6-11)19-20-16(21)25-14-4-3-12(17)10-13(14)22(23)24/h2-8,10H,1,9H2. The Morgan fingerprint density at radius 1 is 1.28 bits per heavy atom. The van der Waals surface area contributed by atoms with E-state index in [0.717, 1.165) is 23.4 Å². The molecule has 0 spiro atoms. The fraction of sp³-hybridized carbons (Fsp3) is 0.0625. The number of rotatable bonds is 6. The maximum Gasteiger partial charge on any atom is 0.286 e. The second kappa shape index (κ2) is 7.22. The molecule has 0 bridgehead atoms. The number of benzene rings is 1. The Morgan fingerprint density at radius 3 is 2.72 bits per heavy atom. The van der Waals surface area contributed by atoms with Crippen LogP contribution in [0.5, 0.6) is 0 Å². The van der Waals surface area contributed by atoms with E-state index < -0.39 is 10.7 Å². The van der Waals surface area contributed by atoms with Gasteiger partial charge in [-0.3, -0.25) is 19.7 Å². The molecule has 0 aliphatic heterocycles. The van der Waals surface area contributed by atoms with E-state index in [1.807, 2.05) is 0 Å². The molecule has 0 amide bonds. The van der Waals surface area contributed by atoms with Crippen molar-refractivity contribution in [2.45, 2.75) is 16.6 Å². The Labute approximate surface area is 146 Å². The molecule has 0 unspecified atom stereocenters. The highest BCUT2D eigenvalue weighted by molar-refractivity contribution is 7.99. The van der Waals surface area contributed by atoms with Crippen molar-refractivity contribution in [3.05, 3.63) is 71.3 Å². The fourth-order valence-electron chi connectivity index (χ4n) is 2.19. The topological polar surface area (TPSA) is 86.7 Å². The Hall–Kier alpha value is -3.07. The van der Waals surface area contributed by atoms with Crippen LogP contribution in [0, 0.1) is 15.9 Å². The average Bonchev–Trinajstić information content (AvgIpc) is 3.00. The summed E-state index contributed by atoms with van der Waals surface area (Å²) in [6.07, 6.45) is 4.96. The lowest BCUT2D eigenvalue weighted by Crippen LogP contribution is -2.01. The van der Waals surface area contributed by atoms with Crippen LogP contribution in [-0.2, 0) is 6.54 Å². The van der Waals surface area contributed by atoms with E-state index in [-0.39, 0.29) is 10.6 Å². The molecule has 0 aliphatic carbocycles. The van der Waals surface area contributed by atoms with E-state index in [0.29, 0.717) is 17.5 Å². The minimum Gasteiger partial charge on any atom is -0.298 e. The lowest BCUT2D eigenvalue weighted by atomic mass is 10.2. The van der Waals surface area contributed by atoms with Crippen molar-refractivity contribution in [3.8, 4) is 11.4 Å². The molecule has 0 saturated carbocycles. The second-order valence-corrected chi connectivity index (χ2v) is 5.92. The third-order valence-electron chi connectivity index (χ3n) is 3.29. The van der Waals surface area contributed by atoms with Gasteiger partial charge in [-0.15, -0.1) is 16.8 Å². The first-order valence-corrected chi connectivity index (χ1v) is 7.98. The summed E-state index contributed by atoms with van der Waals surface area (Å²) < 4.78 is 15.1. The van der Waals surface area contributed by atoms with Crippen molar-refractivity contribution >= 4 is 17.4 Å². The third-order valence-corrected chi connectivity index (χ3v) is 4.34. The highest BCUT2D eigenvalue weighted by atomic mass is 32.2. The third kappa shape index (κ3) is 3.56. The minimum atomic E-state index is -0.666. The van der Waals surface area contributed by atoms with E-state index in [9.17, 15) is 14.5 Å². The van der Waals surface area contributed by atoms with Crippen LogP contribution in [-0.4, -0.2) is 24.7 Å². The van der Waals surface area contributed by atoms with Gasteiger partial charge in [-0.1, -0.05) is 6.08 Å². The molecule has 3 rings (SSSR count). The number of hydrogen-bond acceptors (Lipinski definition) is 6. The molecule has 7 nitrogen and oxygen atoms in total. The van der Waals surface area contributed by atoms with Gasteiger partial charge in [-0.25, -0.2) is 4.39 Å².